The topological polar surface area (TPSA) is 68.4 Å². The molecule has 4 atom stereocenters. The Morgan fingerprint density at radius 1 is 1.13 bits per heavy atom. The molecule has 2 N–H and O–H groups in total. The van der Waals surface area contributed by atoms with Crippen molar-refractivity contribution in [2.24, 2.45) is 0 Å². The number of H-pyrrole nitrogens is 1. The molecule has 2 amide bonds. The lowest BCUT2D eigenvalue weighted by Gasteiger charge is -2.38. The van der Waals surface area contributed by atoms with Crippen LogP contribution in [0.1, 0.15) is 61.5 Å². The summed E-state index contributed by atoms with van der Waals surface area (Å²) in [6.45, 7) is 5.48. The minimum absolute atomic E-state index is 0.118. The number of carbonyl (C=O) groups excluding carboxylic acids is 2. The molecule has 0 radical (unpaired) electrons. The fourth-order valence-corrected chi connectivity index (χ4v) is 6.17. The van der Waals surface area contributed by atoms with Crippen molar-refractivity contribution >= 4 is 22.7 Å². The molecule has 2 aliphatic heterocycles. The lowest BCUT2D eigenvalue weighted by Crippen LogP contribution is -2.48. The van der Waals surface area contributed by atoms with Gasteiger partial charge in [-0.1, -0.05) is 6.07 Å². The van der Waals surface area contributed by atoms with E-state index in [1.165, 1.54) is 6.07 Å². The number of aryl methyl sites for hydroxylation is 1. The van der Waals surface area contributed by atoms with Crippen LogP contribution in [0.15, 0.2) is 18.2 Å². The van der Waals surface area contributed by atoms with Gasteiger partial charge in [-0.2, -0.15) is 0 Å². The highest BCUT2D eigenvalue weighted by atomic mass is 19.1. The highest BCUT2D eigenvalue weighted by Gasteiger charge is 2.46. The van der Waals surface area contributed by atoms with Crippen LogP contribution in [0, 0.1) is 12.7 Å². The van der Waals surface area contributed by atoms with Crippen molar-refractivity contribution in [2.75, 3.05) is 13.1 Å². The zero-order chi connectivity index (χ0) is 21.7. The lowest BCUT2D eigenvalue weighted by molar-refractivity contribution is -0.129. The molecule has 3 heterocycles. The number of rotatable bonds is 3. The highest BCUT2D eigenvalue weighted by Crippen LogP contribution is 2.36. The molecule has 3 aliphatic rings. The third kappa shape index (κ3) is 3.63. The average Bonchev–Trinajstić information content (AvgIpc) is 3.45. The maximum absolute atomic E-state index is 14.1. The van der Waals surface area contributed by atoms with Crippen molar-refractivity contribution in [3.05, 3.63) is 35.3 Å². The second kappa shape index (κ2) is 7.93. The van der Waals surface area contributed by atoms with Gasteiger partial charge in [0.25, 0.3) is 5.91 Å². The monoisotopic (exact) mass is 426 g/mol. The number of amides is 2. The first-order chi connectivity index (χ1) is 14.9. The number of nitrogens with one attached hydrogen (secondary N) is 2. The standard InChI is InChI=1S/C24H31FN4O2/c1-14-6-7-19(25)18-13-20(27-23(14)18)24(31)26-16-4-3-5-17(12-16)29-11-9-21-22(29)8-10-28(21)15(2)30/h6-7,13,16-17,21-22,27H,3-5,8-12H2,1-2H3,(H,26,31)/t16-,17-,21+,22+/m1/s1. The highest BCUT2D eigenvalue weighted by molar-refractivity contribution is 5.99. The van der Waals surface area contributed by atoms with Crippen LogP contribution >= 0.6 is 0 Å². The Morgan fingerprint density at radius 3 is 2.71 bits per heavy atom. The summed E-state index contributed by atoms with van der Waals surface area (Å²) >= 11 is 0. The van der Waals surface area contributed by atoms with Gasteiger partial charge in [0, 0.05) is 49.6 Å². The van der Waals surface area contributed by atoms with Crippen molar-refractivity contribution in [2.45, 2.75) is 76.5 Å². The van der Waals surface area contributed by atoms with Crippen LogP contribution in [-0.2, 0) is 4.79 Å². The third-order valence-electron chi connectivity index (χ3n) is 7.67. The first kappa shape index (κ1) is 20.5. The molecule has 3 fully saturated rings. The fraction of sp³-hybridized carbons (Fsp3) is 0.583. The van der Waals surface area contributed by atoms with Crippen LogP contribution in [0.5, 0.6) is 0 Å². The number of aromatic nitrogens is 1. The Hall–Kier alpha value is -2.41. The number of hydrogen-bond acceptors (Lipinski definition) is 3. The molecule has 0 bridgehead atoms. The first-order valence-electron chi connectivity index (χ1n) is 11.5. The summed E-state index contributed by atoms with van der Waals surface area (Å²) in [7, 11) is 0. The second-order valence-electron chi connectivity index (χ2n) is 9.49. The number of carbonyl (C=O) groups is 2. The molecule has 1 aliphatic carbocycles. The smallest absolute Gasteiger partial charge is 0.267 e. The number of likely N-dealkylation sites (tertiary alicyclic amines) is 2. The average molecular weight is 427 g/mol. The maximum atomic E-state index is 14.1. The predicted molar refractivity (Wildman–Crippen MR) is 117 cm³/mol. The zero-order valence-electron chi connectivity index (χ0n) is 18.3. The summed E-state index contributed by atoms with van der Waals surface area (Å²) < 4.78 is 14.1. The normalized spacial score (nSPS) is 28.8. The molecule has 0 unspecified atom stereocenters. The fourth-order valence-electron chi connectivity index (χ4n) is 6.17. The van der Waals surface area contributed by atoms with Crippen molar-refractivity contribution in [1.29, 1.82) is 0 Å². The number of nitrogens with zero attached hydrogens (tertiary/aromatic N) is 2. The van der Waals surface area contributed by atoms with Crippen LogP contribution in [0.4, 0.5) is 4.39 Å². The van der Waals surface area contributed by atoms with E-state index < -0.39 is 0 Å². The van der Waals surface area contributed by atoms with Crippen LogP contribution in [0.3, 0.4) is 0 Å². The van der Waals surface area contributed by atoms with Gasteiger partial charge in [-0.05, 0) is 63.1 Å². The van der Waals surface area contributed by atoms with E-state index in [1.807, 2.05) is 11.8 Å². The van der Waals surface area contributed by atoms with E-state index in [1.54, 1.807) is 19.1 Å². The molecule has 1 aromatic heterocycles. The van der Waals surface area contributed by atoms with Gasteiger partial charge >= 0.3 is 0 Å². The van der Waals surface area contributed by atoms with Gasteiger partial charge in [-0.25, -0.2) is 4.39 Å². The van der Waals surface area contributed by atoms with Crippen molar-refractivity contribution < 1.29 is 14.0 Å². The molecule has 31 heavy (non-hydrogen) atoms. The number of hydrogen-bond donors (Lipinski definition) is 2. The van der Waals surface area contributed by atoms with Gasteiger partial charge in [0.15, 0.2) is 0 Å². The lowest BCUT2D eigenvalue weighted by atomic mass is 9.89. The molecule has 7 heteroatoms. The number of fused-ring (bicyclic) bond motifs is 2. The summed E-state index contributed by atoms with van der Waals surface area (Å²) in [5, 5.41) is 3.66. The van der Waals surface area contributed by atoms with Gasteiger partial charge in [0.05, 0.1) is 5.52 Å². The van der Waals surface area contributed by atoms with Crippen LogP contribution in [-0.4, -0.2) is 63.9 Å². The minimum Gasteiger partial charge on any atom is -0.350 e. The molecule has 2 aromatic rings. The van der Waals surface area contributed by atoms with Gasteiger partial charge in [-0.3, -0.25) is 14.5 Å². The Morgan fingerprint density at radius 2 is 1.94 bits per heavy atom. The summed E-state index contributed by atoms with van der Waals surface area (Å²) in [6, 6.07) is 6.17. The van der Waals surface area contributed by atoms with E-state index in [0.29, 0.717) is 34.7 Å². The van der Waals surface area contributed by atoms with Crippen LogP contribution in [0.25, 0.3) is 10.9 Å². The van der Waals surface area contributed by atoms with Gasteiger partial charge < -0.3 is 15.2 Å². The summed E-state index contributed by atoms with van der Waals surface area (Å²) in [6.07, 6.45) is 6.24. The zero-order valence-corrected chi connectivity index (χ0v) is 18.3. The summed E-state index contributed by atoms with van der Waals surface area (Å²) in [4.78, 5) is 32.6. The van der Waals surface area contributed by atoms with Crippen LogP contribution in [0.2, 0.25) is 0 Å². The molecular weight excluding hydrogens is 395 g/mol. The van der Waals surface area contributed by atoms with E-state index in [4.69, 9.17) is 0 Å². The van der Waals surface area contributed by atoms with E-state index >= 15 is 0 Å². The number of halogens is 1. The summed E-state index contributed by atoms with van der Waals surface area (Å²) in [5.41, 5.74) is 2.03. The Kier molecular flexibility index (Phi) is 5.24. The Bertz CT molecular complexity index is 979. The molecule has 166 valence electrons. The largest absolute Gasteiger partial charge is 0.350 e. The first-order valence-corrected chi connectivity index (χ1v) is 11.5. The van der Waals surface area contributed by atoms with E-state index in [9.17, 15) is 14.0 Å². The minimum atomic E-state index is -0.312. The van der Waals surface area contributed by atoms with Crippen molar-refractivity contribution in [1.82, 2.24) is 20.1 Å². The SMILES string of the molecule is CC(=O)N1CC[C@H]2[C@@H]1CCN2[C@@H]1CCC[C@@H](NC(=O)c2cc3c(F)ccc(C)c3[nH]2)C1. The predicted octanol–water partition coefficient (Wildman–Crippen LogP) is 3.35. The quantitative estimate of drug-likeness (QED) is 0.791. The Balaban J connectivity index is 1.25. The molecule has 5 rings (SSSR count). The second-order valence-corrected chi connectivity index (χ2v) is 9.49. The van der Waals surface area contributed by atoms with E-state index in [-0.39, 0.29) is 23.7 Å². The van der Waals surface area contributed by atoms with Crippen LogP contribution < -0.4 is 5.32 Å². The molecule has 6 nitrogen and oxygen atoms in total. The van der Waals surface area contributed by atoms with E-state index in [2.05, 4.69) is 15.2 Å². The number of benzene rings is 1. The van der Waals surface area contributed by atoms with Crippen molar-refractivity contribution in [3.8, 4) is 0 Å². The third-order valence-corrected chi connectivity index (χ3v) is 7.67. The molecule has 1 aromatic carbocycles. The number of aromatic amines is 1. The molecular formula is C24H31FN4O2. The van der Waals surface area contributed by atoms with Gasteiger partial charge in [-0.15, -0.1) is 0 Å². The molecule has 1 saturated carbocycles. The van der Waals surface area contributed by atoms with Gasteiger partial charge in [0.2, 0.25) is 5.91 Å². The Labute approximate surface area is 182 Å². The van der Waals surface area contributed by atoms with Gasteiger partial charge in [0.1, 0.15) is 11.5 Å². The van der Waals surface area contributed by atoms with E-state index in [0.717, 1.165) is 57.2 Å². The molecule has 2 saturated heterocycles. The maximum Gasteiger partial charge on any atom is 0.267 e. The summed E-state index contributed by atoms with van der Waals surface area (Å²) in [5.74, 6) is -0.287. The van der Waals surface area contributed by atoms with Crippen molar-refractivity contribution in [3.63, 3.8) is 0 Å². The molecule has 0 spiro atoms.